The number of carbonyl (C=O) groups is 1. The summed E-state index contributed by atoms with van der Waals surface area (Å²) < 4.78 is 13.1. The number of nitrogens with zero attached hydrogens (tertiary/aromatic N) is 2. The monoisotopic (exact) mass is 266 g/mol. The molecule has 5 heteroatoms. The molecule has 1 fully saturated rings. The van der Waals surface area contributed by atoms with Crippen molar-refractivity contribution in [3.63, 3.8) is 0 Å². The SMILES string of the molecule is CN(C(=O)C1(C#N)CCC1)c1ccc(F)c(Cl)c1. The van der Waals surface area contributed by atoms with Crippen molar-refractivity contribution in [2.75, 3.05) is 11.9 Å². The minimum absolute atomic E-state index is 0.0354. The highest BCUT2D eigenvalue weighted by atomic mass is 35.5. The molecule has 0 saturated heterocycles. The second-order valence-corrected chi connectivity index (χ2v) is 4.92. The number of benzene rings is 1. The third-order valence-corrected chi connectivity index (χ3v) is 3.72. The van der Waals surface area contributed by atoms with Crippen LogP contribution in [0.1, 0.15) is 19.3 Å². The van der Waals surface area contributed by atoms with E-state index in [4.69, 9.17) is 16.9 Å². The Hall–Kier alpha value is -1.60. The lowest BCUT2D eigenvalue weighted by atomic mass is 9.69. The van der Waals surface area contributed by atoms with Crippen molar-refractivity contribution in [2.45, 2.75) is 19.3 Å². The summed E-state index contributed by atoms with van der Waals surface area (Å²) in [5, 5.41) is 9.08. The largest absolute Gasteiger partial charge is 0.314 e. The second kappa shape index (κ2) is 4.58. The summed E-state index contributed by atoms with van der Waals surface area (Å²) in [4.78, 5) is 13.6. The third-order valence-electron chi connectivity index (χ3n) is 3.43. The van der Waals surface area contributed by atoms with Gasteiger partial charge in [-0.15, -0.1) is 0 Å². The molecule has 0 heterocycles. The second-order valence-electron chi connectivity index (χ2n) is 4.51. The smallest absolute Gasteiger partial charge is 0.247 e. The van der Waals surface area contributed by atoms with Crippen LogP contribution in [0.3, 0.4) is 0 Å². The molecule has 0 bridgehead atoms. The van der Waals surface area contributed by atoms with Gasteiger partial charge in [-0.2, -0.15) is 5.26 Å². The summed E-state index contributed by atoms with van der Waals surface area (Å²) >= 11 is 5.68. The van der Waals surface area contributed by atoms with Crippen molar-refractivity contribution in [1.29, 1.82) is 5.26 Å². The van der Waals surface area contributed by atoms with Crippen molar-refractivity contribution in [2.24, 2.45) is 5.41 Å². The molecule has 0 N–H and O–H groups in total. The van der Waals surface area contributed by atoms with E-state index in [1.165, 1.54) is 23.1 Å². The molecule has 1 saturated carbocycles. The summed E-state index contributed by atoms with van der Waals surface area (Å²) in [6.45, 7) is 0. The van der Waals surface area contributed by atoms with Gasteiger partial charge in [-0.05, 0) is 37.5 Å². The van der Waals surface area contributed by atoms with Crippen molar-refractivity contribution in [1.82, 2.24) is 0 Å². The molecule has 1 aliphatic rings. The van der Waals surface area contributed by atoms with Crippen molar-refractivity contribution < 1.29 is 9.18 Å². The molecule has 0 aliphatic heterocycles. The fourth-order valence-corrected chi connectivity index (χ4v) is 2.21. The van der Waals surface area contributed by atoms with Crippen LogP contribution >= 0.6 is 11.6 Å². The molecule has 1 aliphatic carbocycles. The van der Waals surface area contributed by atoms with Gasteiger partial charge in [-0.1, -0.05) is 11.6 Å². The van der Waals surface area contributed by atoms with Crippen LogP contribution in [0.4, 0.5) is 10.1 Å². The molecule has 1 amide bonds. The first-order valence-electron chi connectivity index (χ1n) is 5.65. The van der Waals surface area contributed by atoms with Crippen LogP contribution in [0.5, 0.6) is 0 Å². The van der Waals surface area contributed by atoms with E-state index in [2.05, 4.69) is 6.07 Å². The van der Waals surface area contributed by atoms with Crippen LogP contribution in [0, 0.1) is 22.6 Å². The predicted octanol–water partition coefficient (Wildman–Crippen LogP) is 3.14. The minimum Gasteiger partial charge on any atom is -0.314 e. The topological polar surface area (TPSA) is 44.1 Å². The zero-order chi connectivity index (χ0) is 13.3. The van der Waals surface area contributed by atoms with Gasteiger partial charge in [0.15, 0.2) is 0 Å². The maximum absolute atomic E-state index is 13.1. The van der Waals surface area contributed by atoms with Crippen LogP contribution < -0.4 is 4.90 Å². The van der Waals surface area contributed by atoms with E-state index in [1.54, 1.807) is 7.05 Å². The summed E-state index contributed by atoms with van der Waals surface area (Å²) in [5.41, 5.74) is -0.414. The first kappa shape index (κ1) is 12.8. The van der Waals surface area contributed by atoms with Crippen molar-refractivity contribution in [3.05, 3.63) is 29.0 Å². The van der Waals surface area contributed by atoms with Crippen LogP contribution in [0.15, 0.2) is 18.2 Å². The van der Waals surface area contributed by atoms with Gasteiger partial charge in [0.2, 0.25) is 5.91 Å². The highest BCUT2D eigenvalue weighted by molar-refractivity contribution is 6.31. The molecule has 2 rings (SSSR count). The lowest BCUT2D eigenvalue weighted by Crippen LogP contribution is -2.45. The number of amides is 1. The van der Waals surface area contributed by atoms with Gasteiger partial charge in [0.25, 0.3) is 0 Å². The van der Waals surface area contributed by atoms with E-state index in [0.717, 1.165) is 6.42 Å². The number of carbonyl (C=O) groups excluding carboxylic acids is 1. The van der Waals surface area contributed by atoms with E-state index in [-0.39, 0.29) is 10.9 Å². The number of rotatable bonds is 2. The van der Waals surface area contributed by atoms with Gasteiger partial charge < -0.3 is 4.90 Å². The molecule has 1 aromatic carbocycles. The minimum atomic E-state index is -0.907. The molecule has 1 aromatic rings. The van der Waals surface area contributed by atoms with Crippen molar-refractivity contribution >= 4 is 23.2 Å². The van der Waals surface area contributed by atoms with Crippen LogP contribution in [0.2, 0.25) is 5.02 Å². The maximum atomic E-state index is 13.1. The number of hydrogen-bond acceptors (Lipinski definition) is 2. The molecule has 0 spiro atoms. The molecule has 0 aromatic heterocycles. The number of anilines is 1. The fourth-order valence-electron chi connectivity index (χ4n) is 2.04. The van der Waals surface area contributed by atoms with E-state index in [0.29, 0.717) is 18.5 Å². The van der Waals surface area contributed by atoms with E-state index in [9.17, 15) is 9.18 Å². The van der Waals surface area contributed by atoms with Gasteiger partial charge in [0, 0.05) is 12.7 Å². The Morgan fingerprint density at radius 2 is 2.22 bits per heavy atom. The third kappa shape index (κ3) is 1.95. The van der Waals surface area contributed by atoms with E-state index < -0.39 is 11.2 Å². The molecular weight excluding hydrogens is 255 g/mol. The van der Waals surface area contributed by atoms with Crippen LogP contribution in [-0.4, -0.2) is 13.0 Å². The Kier molecular flexibility index (Phi) is 3.27. The quantitative estimate of drug-likeness (QED) is 0.825. The highest BCUT2D eigenvalue weighted by Crippen LogP contribution is 2.42. The zero-order valence-electron chi connectivity index (χ0n) is 9.91. The molecule has 0 radical (unpaired) electrons. The van der Waals surface area contributed by atoms with Crippen LogP contribution in [-0.2, 0) is 4.79 Å². The average molecular weight is 267 g/mol. The van der Waals surface area contributed by atoms with Gasteiger partial charge in [0.05, 0.1) is 11.1 Å². The first-order chi connectivity index (χ1) is 8.50. The normalized spacial score (nSPS) is 16.6. The van der Waals surface area contributed by atoms with E-state index >= 15 is 0 Å². The van der Waals surface area contributed by atoms with E-state index in [1.807, 2.05) is 0 Å². The Bertz CT molecular complexity index is 534. The Labute approximate surface area is 110 Å². The lowest BCUT2D eigenvalue weighted by molar-refractivity contribution is -0.128. The Morgan fingerprint density at radius 1 is 1.56 bits per heavy atom. The Balaban J connectivity index is 2.26. The predicted molar refractivity (Wildman–Crippen MR) is 66.7 cm³/mol. The molecule has 94 valence electrons. The summed E-state index contributed by atoms with van der Waals surface area (Å²) in [5.74, 6) is -0.779. The van der Waals surface area contributed by atoms with Gasteiger partial charge in [0.1, 0.15) is 11.2 Å². The average Bonchev–Trinajstić information content (AvgIpc) is 2.31. The van der Waals surface area contributed by atoms with Crippen molar-refractivity contribution in [3.8, 4) is 6.07 Å². The number of hydrogen-bond donors (Lipinski definition) is 0. The molecule has 0 unspecified atom stereocenters. The summed E-state index contributed by atoms with van der Waals surface area (Å²) in [6, 6.07) is 6.17. The molecule has 3 nitrogen and oxygen atoms in total. The zero-order valence-corrected chi connectivity index (χ0v) is 10.7. The number of halogens is 2. The van der Waals surface area contributed by atoms with Crippen LogP contribution in [0.25, 0.3) is 0 Å². The maximum Gasteiger partial charge on any atom is 0.247 e. The van der Waals surface area contributed by atoms with Gasteiger partial charge in [-0.3, -0.25) is 4.79 Å². The first-order valence-corrected chi connectivity index (χ1v) is 6.02. The summed E-state index contributed by atoms with van der Waals surface area (Å²) in [6.07, 6.45) is 2.06. The van der Waals surface area contributed by atoms with Gasteiger partial charge in [-0.25, -0.2) is 4.39 Å². The highest BCUT2D eigenvalue weighted by Gasteiger charge is 2.46. The number of nitriles is 1. The standard InChI is InChI=1S/C13H12ClFN2O/c1-17(9-3-4-11(15)10(14)7-9)12(18)13(8-16)5-2-6-13/h3-4,7H,2,5-6H2,1H3. The Morgan fingerprint density at radius 3 is 2.67 bits per heavy atom. The lowest BCUT2D eigenvalue weighted by Gasteiger charge is -2.36. The molecule has 18 heavy (non-hydrogen) atoms. The molecular formula is C13H12ClFN2O. The molecule has 0 atom stereocenters. The summed E-state index contributed by atoms with van der Waals surface area (Å²) in [7, 11) is 1.57. The van der Waals surface area contributed by atoms with Gasteiger partial charge >= 0.3 is 0 Å². The fraction of sp³-hybridized carbons (Fsp3) is 0.385.